The molecule has 0 aliphatic carbocycles. The van der Waals surface area contributed by atoms with Crippen molar-refractivity contribution < 1.29 is 23.2 Å². The summed E-state index contributed by atoms with van der Waals surface area (Å²) in [5.74, 6) is 1.69. The Morgan fingerprint density at radius 1 is 1.20 bits per heavy atom. The van der Waals surface area contributed by atoms with Gasteiger partial charge in [0.2, 0.25) is 11.7 Å². The van der Waals surface area contributed by atoms with Crippen LogP contribution in [0.4, 0.5) is 0 Å². The van der Waals surface area contributed by atoms with E-state index in [1.807, 2.05) is 24.3 Å². The predicted molar refractivity (Wildman–Crippen MR) is 88.7 cm³/mol. The lowest BCUT2D eigenvalue weighted by molar-refractivity contribution is -0.126. The molecule has 0 fully saturated rings. The van der Waals surface area contributed by atoms with Gasteiger partial charge in [-0.3, -0.25) is 4.79 Å². The highest BCUT2D eigenvalue weighted by atomic mass is 16.5. The van der Waals surface area contributed by atoms with Crippen LogP contribution >= 0.6 is 0 Å². The van der Waals surface area contributed by atoms with Gasteiger partial charge >= 0.3 is 0 Å². The fourth-order valence-corrected chi connectivity index (χ4v) is 2.16. The molecular weight excluding hydrogens is 324 g/mol. The Morgan fingerprint density at radius 3 is 2.76 bits per heavy atom. The van der Waals surface area contributed by atoms with E-state index in [4.69, 9.17) is 18.4 Å². The highest BCUT2D eigenvalue weighted by Gasteiger charge is 2.10. The van der Waals surface area contributed by atoms with E-state index in [9.17, 15) is 4.79 Å². The smallest absolute Gasteiger partial charge is 0.246 e. The van der Waals surface area contributed by atoms with Crippen LogP contribution in [0.1, 0.15) is 11.3 Å². The Balaban J connectivity index is 1.39. The number of hydrogen-bond donors (Lipinski definition) is 1. The lowest BCUT2D eigenvalue weighted by atomic mass is 10.2. The largest absolute Gasteiger partial charge is 0.497 e. The molecule has 0 radical (unpaired) electrons. The molecule has 1 aromatic carbocycles. The second-order valence-corrected chi connectivity index (χ2v) is 5.28. The minimum Gasteiger partial charge on any atom is -0.497 e. The number of hydrogen-bond acceptors (Lipinski definition) is 6. The molecule has 0 aliphatic heterocycles. The number of benzene rings is 1. The van der Waals surface area contributed by atoms with Crippen molar-refractivity contribution >= 4 is 5.91 Å². The molecule has 0 bridgehead atoms. The number of nitrogens with zero attached hydrogens (tertiary/aromatic N) is 1. The Labute approximate surface area is 144 Å². The van der Waals surface area contributed by atoms with E-state index in [2.05, 4.69) is 10.5 Å². The van der Waals surface area contributed by atoms with E-state index < -0.39 is 0 Å². The molecule has 3 rings (SSSR count). The van der Waals surface area contributed by atoms with Gasteiger partial charge in [-0.05, 0) is 29.8 Å². The number of furan rings is 1. The first-order valence-corrected chi connectivity index (χ1v) is 7.71. The van der Waals surface area contributed by atoms with Crippen LogP contribution in [0.5, 0.6) is 5.75 Å². The first kappa shape index (κ1) is 16.8. The topological polar surface area (TPSA) is 86.7 Å². The molecule has 0 saturated heterocycles. The molecule has 0 saturated carbocycles. The number of carbonyl (C=O) groups excluding carboxylic acids is 1. The van der Waals surface area contributed by atoms with Crippen LogP contribution in [-0.2, 0) is 22.7 Å². The predicted octanol–water partition coefficient (Wildman–Crippen LogP) is 2.78. The summed E-state index contributed by atoms with van der Waals surface area (Å²) in [7, 11) is 1.61. The van der Waals surface area contributed by atoms with Gasteiger partial charge in [0, 0.05) is 12.6 Å². The highest BCUT2D eigenvalue weighted by Crippen LogP contribution is 2.20. The van der Waals surface area contributed by atoms with Crippen molar-refractivity contribution in [1.82, 2.24) is 10.5 Å². The number of carbonyl (C=O) groups is 1. The Hall–Kier alpha value is -3.06. The fraction of sp³-hybridized carbons (Fsp3) is 0.222. The Kier molecular flexibility index (Phi) is 5.48. The first-order chi connectivity index (χ1) is 12.2. The summed E-state index contributed by atoms with van der Waals surface area (Å²) in [6, 6.07) is 12.7. The van der Waals surface area contributed by atoms with E-state index in [0.717, 1.165) is 11.3 Å². The summed E-state index contributed by atoms with van der Waals surface area (Å²) in [6.07, 6.45) is 1.56. The molecule has 1 N–H and O–H groups in total. The third-order valence-corrected chi connectivity index (χ3v) is 3.45. The molecule has 3 aromatic rings. The zero-order chi connectivity index (χ0) is 17.5. The van der Waals surface area contributed by atoms with Gasteiger partial charge in [-0.15, -0.1) is 0 Å². The summed E-state index contributed by atoms with van der Waals surface area (Å²) in [6.45, 7) is 0.554. The van der Waals surface area contributed by atoms with Crippen molar-refractivity contribution in [2.75, 3.05) is 13.7 Å². The minimum absolute atomic E-state index is 0.0564. The molecule has 25 heavy (non-hydrogen) atoms. The minimum atomic E-state index is -0.203. The molecule has 0 aliphatic rings. The number of aromatic nitrogens is 1. The van der Waals surface area contributed by atoms with Gasteiger partial charge in [-0.1, -0.05) is 17.3 Å². The molecule has 7 nitrogen and oxygen atoms in total. The van der Waals surface area contributed by atoms with Crippen molar-refractivity contribution in [2.24, 2.45) is 0 Å². The maximum Gasteiger partial charge on any atom is 0.246 e. The quantitative estimate of drug-likeness (QED) is 0.677. The average Bonchev–Trinajstić information content (AvgIpc) is 3.32. The molecule has 7 heteroatoms. The fourth-order valence-electron chi connectivity index (χ4n) is 2.16. The van der Waals surface area contributed by atoms with Crippen LogP contribution in [0.25, 0.3) is 11.5 Å². The maximum absolute atomic E-state index is 11.8. The number of rotatable bonds is 8. The SMILES string of the molecule is COc1ccc(CNC(=O)COCc2cc(-c3ccco3)on2)cc1. The summed E-state index contributed by atoms with van der Waals surface area (Å²) in [5.41, 5.74) is 1.57. The average molecular weight is 342 g/mol. The number of nitrogens with one attached hydrogen (secondary N) is 1. The third kappa shape index (κ3) is 4.71. The van der Waals surface area contributed by atoms with Crippen LogP contribution in [0.3, 0.4) is 0 Å². The van der Waals surface area contributed by atoms with Gasteiger partial charge in [0.15, 0.2) is 5.76 Å². The van der Waals surface area contributed by atoms with E-state index in [0.29, 0.717) is 23.8 Å². The third-order valence-electron chi connectivity index (χ3n) is 3.45. The van der Waals surface area contributed by atoms with Gasteiger partial charge in [0.05, 0.1) is 20.0 Å². The van der Waals surface area contributed by atoms with Crippen LogP contribution in [0, 0.1) is 0 Å². The van der Waals surface area contributed by atoms with Crippen LogP contribution in [0.15, 0.2) is 57.7 Å². The lowest BCUT2D eigenvalue weighted by Crippen LogP contribution is -2.27. The van der Waals surface area contributed by atoms with Crippen LogP contribution < -0.4 is 10.1 Å². The molecule has 0 atom stereocenters. The highest BCUT2D eigenvalue weighted by molar-refractivity contribution is 5.77. The Bertz CT molecular complexity index is 793. The molecular formula is C18H18N2O5. The summed E-state index contributed by atoms with van der Waals surface area (Å²) < 4.78 is 20.8. The molecule has 130 valence electrons. The van der Waals surface area contributed by atoms with Crippen molar-refractivity contribution in [3.05, 3.63) is 60.0 Å². The monoisotopic (exact) mass is 342 g/mol. The molecule has 1 amide bonds. The van der Waals surface area contributed by atoms with E-state index >= 15 is 0 Å². The second-order valence-electron chi connectivity index (χ2n) is 5.28. The summed E-state index contributed by atoms with van der Waals surface area (Å²) in [4.78, 5) is 11.8. The summed E-state index contributed by atoms with van der Waals surface area (Å²) >= 11 is 0. The van der Waals surface area contributed by atoms with Crippen LogP contribution in [-0.4, -0.2) is 24.8 Å². The van der Waals surface area contributed by atoms with Crippen LogP contribution in [0.2, 0.25) is 0 Å². The van der Waals surface area contributed by atoms with Gasteiger partial charge < -0.3 is 23.7 Å². The first-order valence-electron chi connectivity index (χ1n) is 7.71. The molecule has 0 unspecified atom stereocenters. The van der Waals surface area contributed by atoms with E-state index in [1.54, 1.807) is 31.6 Å². The van der Waals surface area contributed by atoms with Crippen molar-refractivity contribution in [3.63, 3.8) is 0 Å². The molecule has 2 aromatic heterocycles. The Morgan fingerprint density at radius 2 is 2.04 bits per heavy atom. The van der Waals surface area contributed by atoms with Gasteiger partial charge in [0.25, 0.3) is 0 Å². The van der Waals surface area contributed by atoms with Crippen molar-refractivity contribution in [3.8, 4) is 17.3 Å². The summed E-state index contributed by atoms with van der Waals surface area (Å²) in [5, 5.41) is 6.66. The normalized spacial score (nSPS) is 10.6. The van der Waals surface area contributed by atoms with Crippen molar-refractivity contribution in [1.29, 1.82) is 0 Å². The van der Waals surface area contributed by atoms with E-state index in [1.165, 1.54) is 0 Å². The molecule has 0 spiro atoms. The van der Waals surface area contributed by atoms with Gasteiger partial charge in [0.1, 0.15) is 18.1 Å². The maximum atomic E-state index is 11.8. The standard InChI is InChI=1S/C18H18N2O5/c1-22-15-6-4-13(5-7-15)10-19-18(21)12-23-11-14-9-17(25-20-14)16-3-2-8-24-16/h2-9H,10-12H2,1H3,(H,19,21). The van der Waals surface area contributed by atoms with Gasteiger partial charge in [-0.2, -0.15) is 0 Å². The number of methoxy groups -OCH3 is 1. The lowest BCUT2D eigenvalue weighted by Gasteiger charge is -2.06. The number of amides is 1. The number of ether oxygens (including phenoxy) is 2. The molecule has 2 heterocycles. The van der Waals surface area contributed by atoms with Crippen molar-refractivity contribution in [2.45, 2.75) is 13.2 Å². The van der Waals surface area contributed by atoms with E-state index in [-0.39, 0.29) is 19.1 Å². The second kappa shape index (κ2) is 8.16. The zero-order valence-corrected chi connectivity index (χ0v) is 13.7. The zero-order valence-electron chi connectivity index (χ0n) is 13.7. The van der Waals surface area contributed by atoms with Gasteiger partial charge in [-0.25, -0.2) is 0 Å².